The largest absolute Gasteiger partial charge is 0.341 e. The molecule has 1 heterocycles. The molecule has 0 aliphatic heterocycles. The summed E-state index contributed by atoms with van der Waals surface area (Å²) in [5, 5.41) is 10.2. The first-order valence-corrected chi connectivity index (χ1v) is 8.80. The standard InChI is InChI=1S/C19H19Cl2N3O2/c1-11-15(12(2)23-19(26)16(11)9-22)6-7-18(25)24(3)10-13-4-5-14(20)8-17(13)21/h4-5,8H,6-7,10H2,1-3H3,(H,23,26). The van der Waals surface area contributed by atoms with E-state index in [4.69, 9.17) is 28.5 Å². The average molecular weight is 392 g/mol. The van der Waals surface area contributed by atoms with Gasteiger partial charge < -0.3 is 9.88 Å². The zero-order valence-electron chi connectivity index (χ0n) is 14.8. The number of rotatable bonds is 5. The van der Waals surface area contributed by atoms with Gasteiger partial charge in [-0.25, -0.2) is 0 Å². The number of benzene rings is 1. The fourth-order valence-corrected chi connectivity index (χ4v) is 3.30. The lowest BCUT2D eigenvalue weighted by atomic mass is 9.99. The van der Waals surface area contributed by atoms with Crippen molar-refractivity contribution >= 4 is 29.1 Å². The van der Waals surface area contributed by atoms with Gasteiger partial charge in [-0.15, -0.1) is 0 Å². The molecular weight excluding hydrogens is 373 g/mol. The van der Waals surface area contributed by atoms with Crippen LogP contribution in [0, 0.1) is 25.2 Å². The first-order valence-electron chi connectivity index (χ1n) is 8.05. The molecule has 0 fully saturated rings. The lowest BCUT2D eigenvalue weighted by molar-refractivity contribution is -0.130. The van der Waals surface area contributed by atoms with Crippen molar-refractivity contribution in [2.24, 2.45) is 0 Å². The molecule has 5 nitrogen and oxygen atoms in total. The molecule has 1 aromatic heterocycles. The van der Waals surface area contributed by atoms with Crippen molar-refractivity contribution in [3.05, 3.63) is 66.5 Å². The molecule has 0 radical (unpaired) electrons. The summed E-state index contributed by atoms with van der Waals surface area (Å²) in [5.74, 6) is -0.0560. The number of nitriles is 1. The van der Waals surface area contributed by atoms with Crippen molar-refractivity contribution in [2.75, 3.05) is 7.05 Å². The monoisotopic (exact) mass is 391 g/mol. The van der Waals surface area contributed by atoms with Crippen LogP contribution in [-0.4, -0.2) is 22.8 Å². The molecule has 0 spiro atoms. The van der Waals surface area contributed by atoms with Crippen molar-refractivity contribution < 1.29 is 4.79 Å². The van der Waals surface area contributed by atoms with Crippen LogP contribution >= 0.6 is 23.2 Å². The Morgan fingerprint density at radius 2 is 2.00 bits per heavy atom. The quantitative estimate of drug-likeness (QED) is 0.842. The predicted molar refractivity (Wildman–Crippen MR) is 103 cm³/mol. The Hall–Kier alpha value is -2.29. The maximum absolute atomic E-state index is 12.5. The number of nitrogens with zero attached hydrogens (tertiary/aromatic N) is 2. The van der Waals surface area contributed by atoms with Crippen molar-refractivity contribution in [1.29, 1.82) is 5.26 Å². The normalized spacial score (nSPS) is 10.5. The molecule has 7 heteroatoms. The summed E-state index contributed by atoms with van der Waals surface area (Å²) in [4.78, 5) is 28.5. The summed E-state index contributed by atoms with van der Waals surface area (Å²) in [6.45, 7) is 3.88. The molecule has 0 saturated carbocycles. The van der Waals surface area contributed by atoms with E-state index in [0.717, 1.165) is 11.1 Å². The van der Waals surface area contributed by atoms with Gasteiger partial charge in [-0.3, -0.25) is 9.59 Å². The van der Waals surface area contributed by atoms with Crippen LogP contribution in [0.15, 0.2) is 23.0 Å². The van der Waals surface area contributed by atoms with Crippen molar-refractivity contribution in [1.82, 2.24) is 9.88 Å². The Morgan fingerprint density at radius 1 is 1.31 bits per heavy atom. The van der Waals surface area contributed by atoms with Gasteiger partial charge in [-0.05, 0) is 49.1 Å². The SMILES string of the molecule is Cc1[nH]c(=O)c(C#N)c(C)c1CCC(=O)N(C)Cc1ccc(Cl)cc1Cl. The molecule has 1 N–H and O–H groups in total. The van der Waals surface area contributed by atoms with Gasteiger partial charge in [0, 0.05) is 35.8 Å². The molecule has 1 amide bonds. The van der Waals surface area contributed by atoms with Gasteiger partial charge in [-0.2, -0.15) is 5.26 Å². The Balaban J connectivity index is 2.09. The van der Waals surface area contributed by atoms with Crippen LogP contribution in [0.2, 0.25) is 10.0 Å². The summed E-state index contributed by atoms with van der Waals surface area (Å²) in [6, 6.07) is 7.10. The highest BCUT2D eigenvalue weighted by atomic mass is 35.5. The van der Waals surface area contributed by atoms with Crippen LogP contribution in [0.5, 0.6) is 0 Å². The molecule has 0 unspecified atom stereocenters. The molecule has 2 rings (SSSR count). The van der Waals surface area contributed by atoms with Crippen molar-refractivity contribution in [2.45, 2.75) is 33.2 Å². The van der Waals surface area contributed by atoms with Gasteiger partial charge in [0.1, 0.15) is 11.6 Å². The van der Waals surface area contributed by atoms with Crippen molar-refractivity contribution in [3.8, 4) is 6.07 Å². The third-order valence-electron chi connectivity index (χ3n) is 4.36. The lowest BCUT2D eigenvalue weighted by Crippen LogP contribution is -2.27. The van der Waals surface area contributed by atoms with E-state index in [9.17, 15) is 9.59 Å². The van der Waals surface area contributed by atoms with E-state index in [1.165, 1.54) is 0 Å². The van der Waals surface area contributed by atoms with E-state index in [1.807, 2.05) is 6.07 Å². The number of amides is 1. The third-order valence-corrected chi connectivity index (χ3v) is 4.94. The molecule has 136 valence electrons. The molecule has 26 heavy (non-hydrogen) atoms. The maximum Gasteiger partial charge on any atom is 0.266 e. The van der Waals surface area contributed by atoms with Crippen LogP contribution in [0.25, 0.3) is 0 Å². The van der Waals surface area contributed by atoms with E-state index < -0.39 is 5.56 Å². The summed E-state index contributed by atoms with van der Waals surface area (Å²) in [5.41, 5.74) is 2.65. The second-order valence-electron chi connectivity index (χ2n) is 6.16. The number of halogens is 2. The Morgan fingerprint density at radius 3 is 2.62 bits per heavy atom. The zero-order valence-corrected chi connectivity index (χ0v) is 16.3. The maximum atomic E-state index is 12.5. The van der Waals surface area contributed by atoms with Crippen LogP contribution in [0.1, 0.15) is 34.4 Å². The first kappa shape index (κ1) is 20.0. The summed E-state index contributed by atoms with van der Waals surface area (Å²) < 4.78 is 0. The molecule has 0 aliphatic carbocycles. The number of aromatic nitrogens is 1. The highest BCUT2D eigenvalue weighted by molar-refractivity contribution is 6.35. The summed E-state index contributed by atoms with van der Waals surface area (Å²) >= 11 is 12.0. The Labute approximate surface area is 162 Å². The van der Waals surface area contributed by atoms with Crippen molar-refractivity contribution in [3.63, 3.8) is 0 Å². The van der Waals surface area contributed by atoms with Gasteiger partial charge in [-0.1, -0.05) is 29.3 Å². The fraction of sp³-hybridized carbons (Fsp3) is 0.316. The van der Waals surface area contributed by atoms with Gasteiger partial charge in [0.15, 0.2) is 0 Å². The van der Waals surface area contributed by atoms with Gasteiger partial charge in [0.05, 0.1) is 0 Å². The average Bonchev–Trinajstić information content (AvgIpc) is 2.56. The molecule has 0 aliphatic rings. The number of pyridine rings is 1. The topological polar surface area (TPSA) is 77.0 Å². The second-order valence-corrected chi connectivity index (χ2v) is 7.00. The number of aryl methyl sites for hydroxylation is 1. The molecular formula is C19H19Cl2N3O2. The first-order chi connectivity index (χ1) is 12.2. The molecule has 0 bridgehead atoms. The van der Waals surface area contributed by atoms with Gasteiger partial charge >= 0.3 is 0 Å². The molecule has 2 aromatic rings. The number of hydrogen-bond donors (Lipinski definition) is 1. The van der Waals surface area contributed by atoms with Crippen LogP contribution in [-0.2, 0) is 17.8 Å². The van der Waals surface area contributed by atoms with E-state index >= 15 is 0 Å². The zero-order chi connectivity index (χ0) is 19.4. The number of hydrogen-bond acceptors (Lipinski definition) is 3. The van der Waals surface area contributed by atoms with E-state index in [2.05, 4.69) is 4.98 Å². The predicted octanol–water partition coefficient (Wildman–Crippen LogP) is 3.76. The fourth-order valence-electron chi connectivity index (χ4n) is 2.84. The van der Waals surface area contributed by atoms with E-state index in [0.29, 0.717) is 34.3 Å². The molecule has 0 saturated heterocycles. The number of carbonyl (C=O) groups is 1. The minimum atomic E-state index is -0.396. The Kier molecular flexibility index (Phi) is 6.47. The smallest absolute Gasteiger partial charge is 0.266 e. The van der Waals surface area contributed by atoms with Crippen LogP contribution in [0.4, 0.5) is 0 Å². The van der Waals surface area contributed by atoms with Crippen LogP contribution in [0.3, 0.4) is 0 Å². The molecule has 1 aromatic carbocycles. The minimum Gasteiger partial charge on any atom is -0.341 e. The molecule has 0 atom stereocenters. The highest BCUT2D eigenvalue weighted by Crippen LogP contribution is 2.22. The van der Waals surface area contributed by atoms with Gasteiger partial charge in [0.2, 0.25) is 5.91 Å². The second kappa shape index (κ2) is 8.39. The summed E-state index contributed by atoms with van der Waals surface area (Å²) in [6.07, 6.45) is 0.709. The number of carbonyl (C=O) groups excluding carboxylic acids is 1. The van der Waals surface area contributed by atoms with Crippen LogP contribution < -0.4 is 5.56 Å². The Bertz CT molecular complexity index is 945. The minimum absolute atomic E-state index is 0.0560. The van der Waals surface area contributed by atoms with E-state index in [1.54, 1.807) is 44.0 Å². The number of H-pyrrole nitrogens is 1. The number of aromatic amines is 1. The third kappa shape index (κ3) is 4.46. The van der Waals surface area contributed by atoms with Gasteiger partial charge in [0.25, 0.3) is 5.56 Å². The number of nitrogens with one attached hydrogen (secondary N) is 1. The van der Waals surface area contributed by atoms with E-state index in [-0.39, 0.29) is 17.9 Å². The highest BCUT2D eigenvalue weighted by Gasteiger charge is 2.16. The lowest BCUT2D eigenvalue weighted by Gasteiger charge is -2.19. The summed E-state index contributed by atoms with van der Waals surface area (Å²) in [7, 11) is 1.71.